The molecule has 0 heterocycles. The Morgan fingerprint density at radius 3 is 2.27 bits per heavy atom. The van der Waals surface area contributed by atoms with E-state index in [0.29, 0.717) is 0 Å². The maximum absolute atomic E-state index is 2.32. The summed E-state index contributed by atoms with van der Waals surface area (Å²) in [4.78, 5) is 0. The molecular formula is C11H22. The van der Waals surface area contributed by atoms with Crippen molar-refractivity contribution in [3.05, 3.63) is 0 Å². The van der Waals surface area contributed by atoms with Crippen LogP contribution in [-0.4, -0.2) is 0 Å². The molecule has 0 N–H and O–H groups in total. The number of hydrogen-bond acceptors (Lipinski definition) is 0. The van der Waals surface area contributed by atoms with Crippen LogP contribution in [0.1, 0.15) is 59.3 Å². The Hall–Kier alpha value is 0. The summed E-state index contributed by atoms with van der Waals surface area (Å²) in [5.41, 5.74) is 0.888. The van der Waals surface area contributed by atoms with Crippen LogP contribution < -0.4 is 0 Å². The molecule has 0 aliphatic heterocycles. The Morgan fingerprint density at radius 1 is 1.27 bits per heavy atom. The fraction of sp³-hybridized carbons (Fsp3) is 1.00. The number of fused-ring (bicyclic) bond motifs is 1. The molecule has 0 aromatic rings. The van der Waals surface area contributed by atoms with Crippen LogP contribution >= 0.6 is 0 Å². The van der Waals surface area contributed by atoms with Gasteiger partial charge in [0, 0.05) is 0 Å². The molecule has 3 saturated carbocycles. The van der Waals surface area contributed by atoms with E-state index in [1.54, 1.807) is 25.7 Å². The number of rotatable bonds is 2. The molecule has 0 nitrogen and oxygen atoms in total. The second kappa shape index (κ2) is 3.60. The van der Waals surface area contributed by atoms with Crippen LogP contribution in [0.25, 0.3) is 0 Å². The first-order valence-electron chi connectivity index (χ1n) is 5.35. The fourth-order valence-corrected chi connectivity index (χ4v) is 2.94. The molecule has 3 aliphatic carbocycles. The van der Waals surface area contributed by atoms with Crippen molar-refractivity contribution in [2.24, 2.45) is 11.3 Å². The molecule has 0 aromatic heterocycles. The first kappa shape index (κ1) is 9.09. The van der Waals surface area contributed by atoms with Crippen molar-refractivity contribution in [1.29, 1.82) is 0 Å². The van der Waals surface area contributed by atoms with E-state index in [1.165, 1.54) is 12.8 Å². The van der Waals surface area contributed by atoms with Gasteiger partial charge < -0.3 is 0 Å². The van der Waals surface area contributed by atoms with Gasteiger partial charge in [0.1, 0.15) is 0 Å². The van der Waals surface area contributed by atoms with Gasteiger partial charge in [-0.2, -0.15) is 0 Å². The third-order valence-electron chi connectivity index (χ3n) is 3.31. The highest BCUT2D eigenvalue weighted by Gasteiger charge is 2.48. The van der Waals surface area contributed by atoms with Crippen molar-refractivity contribution < 1.29 is 0 Å². The van der Waals surface area contributed by atoms with Crippen molar-refractivity contribution in [2.75, 3.05) is 0 Å². The smallest absolute Gasteiger partial charge is 0.0292 e. The van der Waals surface area contributed by atoms with Crippen LogP contribution in [0, 0.1) is 11.3 Å². The molecule has 3 fully saturated rings. The highest BCUT2D eigenvalue weighted by atomic mass is 14.5. The third-order valence-corrected chi connectivity index (χ3v) is 3.31. The van der Waals surface area contributed by atoms with E-state index in [2.05, 4.69) is 6.92 Å². The van der Waals surface area contributed by atoms with Crippen molar-refractivity contribution in [1.82, 2.24) is 0 Å². The summed E-state index contributed by atoms with van der Waals surface area (Å²) in [6.07, 6.45) is 9.21. The molecule has 2 bridgehead atoms. The third kappa shape index (κ3) is 1.60. The molecule has 0 spiro atoms. The zero-order valence-electron chi connectivity index (χ0n) is 8.32. The van der Waals surface area contributed by atoms with Gasteiger partial charge in [-0.05, 0) is 43.4 Å². The van der Waals surface area contributed by atoms with Gasteiger partial charge in [0.05, 0.1) is 0 Å². The SMILES string of the molecule is CC.CCCC12CCC(C1)C2. The number of hydrogen-bond donors (Lipinski definition) is 0. The van der Waals surface area contributed by atoms with Gasteiger partial charge in [0.2, 0.25) is 0 Å². The summed E-state index contributed by atoms with van der Waals surface area (Å²) in [5.74, 6) is 1.16. The van der Waals surface area contributed by atoms with Gasteiger partial charge in [0.25, 0.3) is 0 Å². The lowest BCUT2D eigenvalue weighted by atomic mass is 9.67. The topological polar surface area (TPSA) is 0 Å². The van der Waals surface area contributed by atoms with Gasteiger partial charge in [-0.3, -0.25) is 0 Å². The summed E-state index contributed by atoms with van der Waals surface area (Å²) in [6, 6.07) is 0. The van der Waals surface area contributed by atoms with Crippen LogP contribution in [0.15, 0.2) is 0 Å². The Balaban J connectivity index is 0.000000281. The largest absolute Gasteiger partial charge is 0.0683 e. The Morgan fingerprint density at radius 2 is 1.91 bits per heavy atom. The Kier molecular flexibility index (Phi) is 2.98. The van der Waals surface area contributed by atoms with Crippen molar-refractivity contribution >= 4 is 0 Å². The quantitative estimate of drug-likeness (QED) is 0.564. The van der Waals surface area contributed by atoms with Crippen LogP contribution in [-0.2, 0) is 0 Å². The molecule has 66 valence electrons. The second-order valence-corrected chi connectivity index (χ2v) is 4.06. The zero-order chi connectivity index (χ0) is 8.32. The summed E-state index contributed by atoms with van der Waals surface area (Å²) >= 11 is 0. The molecule has 11 heavy (non-hydrogen) atoms. The molecular weight excluding hydrogens is 132 g/mol. The molecule has 0 atom stereocenters. The van der Waals surface area contributed by atoms with E-state index in [4.69, 9.17) is 0 Å². The van der Waals surface area contributed by atoms with E-state index in [0.717, 1.165) is 11.3 Å². The van der Waals surface area contributed by atoms with Gasteiger partial charge in [-0.25, -0.2) is 0 Å². The zero-order valence-corrected chi connectivity index (χ0v) is 8.32. The van der Waals surface area contributed by atoms with Gasteiger partial charge in [-0.1, -0.05) is 27.2 Å². The predicted octanol–water partition coefficient (Wildman–Crippen LogP) is 4.00. The lowest BCUT2D eigenvalue weighted by molar-refractivity contribution is 0.130. The first-order chi connectivity index (χ1) is 5.35. The van der Waals surface area contributed by atoms with Crippen molar-refractivity contribution in [2.45, 2.75) is 59.3 Å². The second-order valence-electron chi connectivity index (χ2n) is 4.06. The van der Waals surface area contributed by atoms with Gasteiger partial charge >= 0.3 is 0 Å². The summed E-state index contributed by atoms with van der Waals surface area (Å²) in [5, 5.41) is 0. The fourth-order valence-electron chi connectivity index (χ4n) is 2.94. The minimum atomic E-state index is 0.888. The molecule has 3 aliphatic rings. The maximum atomic E-state index is 2.32. The molecule has 0 radical (unpaired) electrons. The minimum Gasteiger partial charge on any atom is -0.0683 e. The molecule has 0 amide bonds. The lowest BCUT2D eigenvalue weighted by Crippen LogP contribution is -2.27. The van der Waals surface area contributed by atoms with E-state index >= 15 is 0 Å². The predicted molar refractivity (Wildman–Crippen MR) is 50.6 cm³/mol. The van der Waals surface area contributed by atoms with Crippen molar-refractivity contribution in [3.63, 3.8) is 0 Å². The molecule has 0 heteroatoms. The average Bonchev–Trinajstić information content (AvgIpc) is 2.51. The van der Waals surface area contributed by atoms with E-state index in [1.807, 2.05) is 13.8 Å². The van der Waals surface area contributed by atoms with Gasteiger partial charge in [0.15, 0.2) is 0 Å². The van der Waals surface area contributed by atoms with Gasteiger partial charge in [-0.15, -0.1) is 0 Å². The van der Waals surface area contributed by atoms with Crippen LogP contribution in [0.5, 0.6) is 0 Å². The highest BCUT2D eigenvalue weighted by molar-refractivity contribution is 5.00. The van der Waals surface area contributed by atoms with E-state index in [-0.39, 0.29) is 0 Å². The average molecular weight is 154 g/mol. The Labute approximate surface area is 71.4 Å². The maximum Gasteiger partial charge on any atom is -0.0292 e. The van der Waals surface area contributed by atoms with Crippen LogP contribution in [0.3, 0.4) is 0 Å². The normalized spacial score (nSPS) is 39.0. The molecule has 0 aromatic carbocycles. The van der Waals surface area contributed by atoms with Crippen LogP contribution in [0.4, 0.5) is 0 Å². The monoisotopic (exact) mass is 154 g/mol. The standard InChI is InChI=1S/C9H16.C2H6/c1-2-4-9-5-3-8(6-9)7-9;1-2/h8H,2-7H2,1H3;1-2H3. The lowest BCUT2D eigenvalue weighted by Gasteiger charge is -2.38. The van der Waals surface area contributed by atoms with Crippen LogP contribution in [0.2, 0.25) is 0 Å². The van der Waals surface area contributed by atoms with E-state index in [9.17, 15) is 0 Å². The highest BCUT2D eigenvalue weighted by Crippen LogP contribution is 2.60. The Bertz CT molecular complexity index is 104. The summed E-state index contributed by atoms with van der Waals surface area (Å²) in [7, 11) is 0. The van der Waals surface area contributed by atoms with E-state index < -0.39 is 0 Å². The van der Waals surface area contributed by atoms with Crippen molar-refractivity contribution in [3.8, 4) is 0 Å². The first-order valence-corrected chi connectivity index (χ1v) is 5.35. The molecule has 0 saturated heterocycles. The summed E-state index contributed by atoms with van der Waals surface area (Å²) in [6.45, 7) is 6.32. The molecule has 0 unspecified atom stereocenters. The molecule has 3 rings (SSSR count). The minimum absolute atomic E-state index is 0.888. The summed E-state index contributed by atoms with van der Waals surface area (Å²) < 4.78 is 0.